The quantitative estimate of drug-likeness (QED) is 0.497. The van der Waals surface area contributed by atoms with Crippen LogP contribution in [0, 0.1) is 4.77 Å². The molecule has 3 rings (SSSR count). The molecule has 0 aliphatic rings. The van der Waals surface area contributed by atoms with Crippen molar-refractivity contribution in [3.63, 3.8) is 0 Å². The normalized spacial score (nSPS) is 11.8. The Morgan fingerprint density at radius 3 is 2.32 bits per heavy atom. The average molecular weight is 397 g/mol. The number of ether oxygens (including phenoxy) is 2. The van der Waals surface area contributed by atoms with Gasteiger partial charge >= 0.3 is 0 Å². The molecular weight excluding hydrogens is 372 g/mol. The Bertz CT molecular complexity index is 1040. The first-order chi connectivity index (χ1) is 13.3. The van der Waals surface area contributed by atoms with E-state index >= 15 is 0 Å². The van der Waals surface area contributed by atoms with Gasteiger partial charge in [-0.2, -0.15) is 14.9 Å². The minimum atomic E-state index is 0.114. The zero-order chi connectivity index (χ0) is 20.3. The van der Waals surface area contributed by atoms with Crippen molar-refractivity contribution in [2.45, 2.75) is 26.2 Å². The van der Waals surface area contributed by atoms with Crippen LogP contribution in [0.4, 0.5) is 0 Å². The molecule has 0 aliphatic heterocycles. The number of hydrogen-bond donors (Lipinski definition) is 1. The highest BCUT2D eigenvalue weighted by Gasteiger charge is 2.13. The smallest absolute Gasteiger partial charge is 0.216 e. The molecule has 146 valence electrons. The van der Waals surface area contributed by atoms with E-state index in [1.807, 2.05) is 30.3 Å². The molecule has 1 aromatic heterocycles. The van der Waals surface area contributed by atoms with Crippen LogP contribution in [-0.4, -0.2) is 35.3 Å². The number of methoxy groups -OCH3 is 2. The topological polar surface area (TPSA) is 64.4 Å². The van der Waals surface area contributed by atoms with E-state index in [9.17, 15) is 0 Å². The second-order valence-corrected chi connectivity index (χ2v) is 7.74. The lowest BCUT2D eigenvalue weighted by Crippen LogP contribution is -2.10. The van der Waals surface area contributed by atoms with Gasteiger partial charge in [-0.05, 0) is 47.0 Å². The molecule has 0 fully saturated rings. The van der Waals surface area contributed by atoms with Crippen LogP contribution in [0.1, 0.15) is 31.9 Å². The SMILES string of the molecule is COc1ccc(-c2n[nH]c(=S)n2/N=C/c2ccc(C(C)(C)C)cc2)cc1OC. The summed E-state index contributed by atoms with van der Waals surface area (Å²) in [5.41, 5.74) is 3.18. The summed E-state index contributed by atoms with van der Waals surface area (Å²) in [6.07, 6.45) is 1.77. The second kappa shape index (κ2) is 7.98. The molecule has 2 aromatic carbocycles. The van der Waals surface area contributed by atoms with Crippen LogP contribution in [0.15, 0.2) is 47.6 Å². The number of nitrogens with one attached hydrogen (secondary N) is 1. The van der Waals surface area contributed by atoms with E-state index in [-0.39, 0.29) is 5.41 Å². The molecule has 7 heteroatoms. The lowest BCUT2D eigenvalue weighted by Gasteiger charge is -2.18. The Morgan fingerprint density at radius 1 is 1.04 bits per heavy atom. The summed E-state index contributed by atoms with van der Waals surface area (Å²) in [5, 5.41) is 11.6. The van der Waals surface area contributed by atoms with Gasteiger partial charge in [0.1, 0.15) is 0 Å². The first kappa shape index (κ1) is 19.8. The maximum absolute atomic E-state index is 5.38. The third-order valence-corrected chi connectivity index (χ3v) is 4.66. The zero-order valence-electron chi connectivity index (χ0n) is 16.7. The molecule has 1 N–H and O–H groups in total. The van der Waals surface area contributed by atoms with Crippen molar-refractivity contribution in [1.29, 1.82) is 0 Å². The summed E-state index contributed by atoms with van der Waals surface area (Å²) in [6, 6.07) is 13.9. The summed E-state index contributed by atoms with van der Waals surface area (Å²) in [4.78, 5) is 0. The van der Waals surface area contributed by atoms with Crippen LogP contribution in [0.25, 0.3) is 11.4 Å². The number of hydrogen-bond acceptors (Lipinski definition) is 5. The van der Waals surface area contributed by atoms with Gasteiger partial charge in [-0.15, -0.1) is 0 Å². The predicted molar refractivity (Wildman–Crippen MR) is 114 cm³/mol. The summed E-state index contributed by atoms with van der Waals surface area (Å²) in [5.74, 6) is 1.85. The van der Waals surface area contributed by atoms with Crippen LogP contribution < -0.4 is 9.47 Å². The molecule has 0 aliphatic carbocycles. The molecular formula is C21H24N4O2S. The van der Waals surface area contributed by atoms with Crippen LogP contribution in [0.3, 0.4) is 0 Å². The Hall–Kier alpha value is -2.93. The highest BCUT2D eigenvalue weighted by atomic mass is 32.1. The average Bonchev–Trinajstić information content (AvgIpc) is 3.05. The molecule has 0 spiro atoms. The minimum absolute atomic E-state index is 0.114. The lowest BCUT2D eigenvalue weighted by molar-refractivity contribution is 0.355. The molecule has 0 radical (unpaired) electrons. The number of aromatic nitrogens is 3. The van der Waals surface area contributed by atoms with Crippen molar-refractivity contribution in [3.05, 3.63) is 58.4 Å². The molecule has 6 nitrogen and oxygen atoms in total. The molecule has 0 unspecified atom stereocenters. The van der Waals surface area contributed by atoms with Crippen molar-refractivity contribution in [2.75, 3.05) is 14.2 Å². The van der Waals surface area contributed by atoms with E-state index in [0.717, 1.165) is 11.1 Å². The third kappa shape index (κ3) is 4.14. The maximum Gasteiger partial charge on any atom is 0.216 e. The summed E-state index contributed by atoms with van der Waals surface area (Å²) < 4.78 is 12.7. The molecule has 0 atom stereocenters. The fourth-order valence-electron chi connectivity index (χ4n) is 2.75. The zero-order valence-corrected chi connectivity index (χ0v) is 17.5. The van der Waals surface area contributed by atoms with Crippen LogP contribution in [0.5, 0.6) is 11.5 Å². The summed E-state index contributed by atoms with van der Waals surface area (Å²) in [7, 11) is 3.20. The molecule has 0 bridgehead atoms. The van der Waals surface area contributed by atoms with Gasteiger partial charge in [0.2, 0.25) is 4.77 Å². The fraction of sp³-hybridized carbons (Fsp3) is 0.286. The van der Waals surface area contributed by atoms with Gasteiger partial charge in [0.05, 0.1) is 20.4 Å². The van der Waals surface area contributed by atoms with Crippen molar-refractivity contribution in [1.82, 2.24) is 14.9 Å². The molecule has 3 aromatic rings. The number of nitrogens with zero attached hydrogens (tertiary/aromatic N) is 3. The predicted octanol–water partition coefficient (Wildman–Crippen LogP) is 4.80. The van der Waals surface area contributed by atoms with Gasteiger partial charge in [0.15, 0.2) is 17.3 Å². The first-order valence-corrected chi connectivity index (χ1v) is 9.29. The number of H-pyrrole nitrogens is 1. The van der Waals surface area contributed by atoms with E-state index in [2.05, 4.69) is 48.2 Å². The summed E-state index contributed by atoms with van der Waals surface area (Å²) >= 11 is 5.34. The number of rotatable bonds is 5. The van der Waals surface area contributed by atoms with Crippen molar-refractivity contribution >= 4 is 18.4 Å². The minimum Gasteiger partial charge on any atom is -0.493 e. The Labute approximate surface area is 169 Å². The van der Waals surface area contributed by atoms with Gasteiger partial charge in [-0.3, -0.25) is 0 Å². The van der Waals surface area contributed by atoms with Crippen molar-refractivity contribution < 1.29 is 9.47 Å². The van der Waals surface area contributed by atoms with E-state index < -0.39 is 0 Å². The Morgan fingerprint density at radius 2 is 1.71 bits per heavy atom. The van der Waals surface area contributed by atoms with Gasteiger partial charge < -0.3 is 9.47 Å². The van der Waals surface area contributed by atoms with Gasteiger partial charge in [0, 0.05) is 5.56 Å². The Balaban J connectivity index is 1.94. The van der Waals surface area contributed by atoms with E-state index in [4.69, 9.17) is 21.7 Å². The molecule has 28 heavy (non-hydrogen) atoms. The molecule has 1 heterocycles. The van der Waals surface area contributed by atoms with E-state index in [1.54, 1.807) is 25.1 Å². The highest BCUT2D eigenvalue weighted by Crippen LogP contribution is 2.31. The maximum atomic E-state index is 5.38. The van der Waals surface area contributed by atoms with Crippen molar-refractivity contribution in [3.8, 4) is 22.9 Å². The van der Waals surface area contributed by atoms with Crippen LogP contribution in [-0.2, 0) is 5.41 Å². The standard InChI is InChI=1S/C21H24N4O2S/c1-21(2,3)16-9-6-14(7-10-16)13-22-25-19(23-24-20(25)28)15-8-11-17(26-4)18(12-15)27-5/h6-13H,1-5H3,(H,24,28)/b22-13+. The monoisotopic (exact) mass is 396 g/mol. The number of benzene rings is 2. The highest BCUT2D eigenvalue weighted by molar-refractivity contribution is 7.71. The van der Waals surface area contributed by atoms with Gasteiger partial charge in [0.25, 0.3) is 0 Å². The van der Waals surface area contributed by atoms with Crippen LogP contribution >= 0.6 is 12.2 Å². The second-order valence-electron chi connectivity index (χ2n) is 7.35. The van der Waals surface area contributed by atoms with Gasteiger partial charge in [-0.25, -0.2) is 5.10 Å². The Kier molecular flexibility index (Phi) is 5.65. The summed E-state index contributed by atoms with van der Waals surface area (Å²) in [6.45, 7) is 6.57. The van der Waals surface area contributed by atoms with Crippen LogP contribution in [0.2, 0.25) is 0 Å². The first-order valence-electron chi connectivity index (χ1n) is 8.88. The number of aromatic amines is 1. The van der Waals surface area contributed by atoms with Crippen molar-refractivity contribution in [2.24, 2.45) is 5.10 Å². The molecule has 0 amide bonds. The van der Waals surface area contributed by atoms with E-state index in [0.29, 0.717) is 22.1 Å². The lowest BCUT2D eigenvalue weighted by atomic mass is 9.87. The third-order valence-electron chi connectivity index (χ3n) is 4.39. The molecule has 0 saturated heterocycles. The fourth-order valence-corrected chi connectivity index (χ4v) is 2.93. The van der Waals surface area contributed by atoms with E-state index in [1.165, 1.54) is 5.56 Å². The largest absolute Gasteiger partial charge is 0.493 e. The van der Waals surface area contributed by atoms with Gasteiger partial charge in [-0.1, -0.05) is 45.0 Å². The molecule has 0 saturated carbocycles.